The van der Waals surface area contributed by atoms with Crippen molar-refractivity contribution in [3.63, 3.8) is 0 Å². The Bertz CT molecular complexity index is 166. The third-order valence-corrected chi connectivity index (χ3v) is 1.69. The Kier molecular flexibility index (Phi) is 3.16. The number of hydrogen-bond acceptors (Lipinski definition) is 3. The molecule has 11 heavy (non-hydrogen) atoms. The predicted molar refractivity (Wildman–Crippen MR) is 41.3 cm³/mol. The number of likely N-dealkylation sites (N-methyl/N-ethyl adjacent to an activating group) is 1. The number of morpholine rings is 1. The van der Waals surface area contributed by atoms with Gasteiger partial charge in [-0.2, -0.15) is 0 Å². The van der Waals surface area contributed by atoms with Crippen LogP contribution in [0.15, 0.2) is 5.11 Å². The van der Waals surface area contributed by atoms with Crippen molar-refractivity contribution in [2.24, 2.45) is 5.11 Å². The van der Waals surface area contributed by atoms with Crippen molar-refractivity contribution in [2.45, 2.75) is 6.10 Å². The van der Waals surface area contributed by atoms with Crippen LogP contribution in [0.25, 0.3) is 10.4 Å². The number of nitrogens with zero attached hydrogens (tertiary/aromatic N) is 4. The third kappa shape index (κ3) is 2.76. The van der Waals surface area contributed by atoms with Crippen molar-refractivity contribution < 1.29 is 4.74 Å². The van der Waals surface area contributed by atoms with E-state index in [1.165, 1.54) is 0 Å². The molecule has 0 spiro atoms. The first-order valence-electron chi connectivity index (χ1n) is 3.64. The zero-order valence-electron chi connectivity index (χ0n) is 6.60. The molecule has 0 radical (unpaired) electrons. The van der Waals surface area contributed by atoms with Crippen molar-refractivity contribution >= 4 is 0 Å². The fourth-order valence-corrected chi connectivity index (χ4v) is 1.10. The van der Waals surface area contributed by atoms with E-state index >= 15 is 0 Å². The molecule has 0 N–H and O–H groups in total. The van der Waals surface area contributed by atoms with Gasteiger partial charge in [0.1, 0.15) is 0 Å². The van der Waals surface area contributed by atoms with E-state index < -0.39 is 0 Å². The fraction of sp³-hybridized carbons (Fsp3) is 1.00. The van der Waals surface area contributed by atoms with Gasteiger partial charge in [0.25, 0.3) is 0 Å². The summed E-state index contributed by atoms with van der Waals surface area (Å²) in [6, 6.07) is 0. The molecule has 0 aliphatic carbocycles. The van der Waals surface area contributed by atoms with Crippen LogP contribution in [0.2, 0.25) is 0 Å². The second kappa shape index (κ2) is 4.18. The van der Waals surface area contributed by atoms with Crippen LogP contribution in [0, 0.1) is 0 Å². The Hall–Kier alpha value is -0.770. The first-order valence-corrected chi connectivity index (χ1v) is 3.64. The lowest BCUT2D eigenvalue weighted by molar-refractivity contribution is -0.0137. The smallest absolute Gasteiger partial charge is 0.0758 e. The van der Waals surface area contributed by atoms with Gasteiger partial charge in [-0.15, -0.1) is 0 Å². The monoisotopic (exact) mass is 156 g/mol. The average Bonchev–Trinajstić information content (AvgIpc) is 2.01. The number of rotatable bonds is 2. The minimum atomic E-state index is 0.0876. The Morgan fingerprint density at radius 2 is 2.64 bits per heavy atom. The summed E-state index contributed by atoms with van der Waals surface area (Å²) in [4.78, 5) is 4.85. The minimum absolute atomic E-state index is 0.0876. The fourth-order valence-electron chi connectivity index (χ4n) is 1.10. The van der Waals surface area contributed by atoms with Gasteiger partial charge >= 0.3 is 0 Å². The van der Waals surface area contributed by atoms with Gasteiger partial charge in [-0.05, 0) is 12.6 Å². The zero-order chi connectivity index (χ0) is 8.10. The quantitative estimate of drug-likeness (QED) is 0.334. The summed E-state index contributed by atoms with van der Waals surface area (Å²) in [5.74, 6) is 0. The van der Waals surface area contributed by atoms with E-state index in [-0.39, 0.29) is 6.10 Å². The molecule has 1 unspecified atom stereocenters. The second-order valence-electron chi connectivity index (χ2n) is 2.67. The second-order valence-corrected chi connectivity index (χ2v) is 2.67. The number of hydrogen-bond donors (Lipinski definition) is 0. The van der Waals surface area contributed by atoms with Gasteiger partial charge in [0.2, 0.25) is 0 Å². The average molecular weight is 156 g/mol. The predicted octanol–water partition coefficient (Wildman–Crippen LogP) is 0.627. The van der Waals surface area contributed by atoms with Gasteiger partial charge in [-0.1, -0.05) is 5.11 Å². The van der Waals surface area contributed by atoms with Gasteiger partial charge < -0.3 is 9.64 Å². The zero-order valence-corrected chi connectivity index (χ0v) is 6.60. The largest absolute Gasteiger partial charge is 0.375 e. The molecular formula is C6H12N4O. The van der Waals surface area contributed by atoms with Crippen LogP contribution in [0.1, 0.15) is 0 Å². The highest BCUT2D eigenvalue weighted by molar-refractivity contribution is 4.70. The number of ether oxygens (including phenoxy) is 1. The lowest BCUT2D eigenvalue weighted by Gasteiger charge is -2.28. The highest BCUT2D eigenvalue weighted by Crippen LogP contribution is 2.02. The molecule has 0 saturated carbocycles. The summed E-state index contributed by atoms with van der Waals surface area (Å²) in [6.45, 7) is 3.01. The molecule has 62 valence electrons. The maximum absolute atomic E-state index is 8.05. The standard InChI is InChI=1S/C6H12N4O/c1-10-2-3-11-6(5-10)4-8-9-7/h6H,2-5H2,1H3. The third-order valence-electron chi connectivity index (χ3n) is 1.69. The Morgan fingerprint density at radius 3 is 3.27 bits per heavy atom. The van der Waals surface area contributed by atoms with Crippen LogP contribution in [-0.2, 0) is 4.74 Å². The van der Waals surface area contributed by atoms with Gasteiger partial charge in [0.15, 0.2) is 0 Å². The van der Waals surface area contributed by atoms with Crippen LogP contribution in [0.3, 0.4) is 0 Å². The molecule has 1 heterocycles. The van der Waals surface area contributed by atoms with Gasteiger partial charge in [-0.3, -0.25) is 0 Å². The molecule has 1 aliphatic rings. The first kappa shape index (κ1) is 8.33. The summed E-state index contributed by atoms with van der Waals surface area (Å²) < 4.78 is 5.34. The molecule has 5 nitrogen and oxygen atoms in total. The van der Waals surface area contributed by atoms with Crippen molar-refractivity contribution in [1.82, 2.24) is 4.90 Å². The lowest BCUT2D eigenvalue weighted by atomic mass is 10.3. The minimum Gasteiger partial charge on any atom is -0.375 e. The van der Waals surface area contributed by atoms with Crippen molar-refractivity contribution in [3.8, 4) is 0 Å². The van der Waals surface area contributed by atoms with Crippen LogP contribution in [0.4, 0.5) is 0 Å². The van der Waals surface area contributed by atoms with Gasteiger partial charge in [0.05, 0.1) is 19.3 Å². The maximum Gasteiger partial charge on any atom is 0.0758 e. The van der Waals surface area contributed by atoms with E-state index in [2.05, 4.69) is 14.9 Å². The van der Waals surface area contributed by atoms with E-state index in [9.17, 15) is 0 Å². The molecule has 1 saturated heterocycles. The van der Waals surface area contributed by atoms with E-state index in [1.54, 1.807) is 0 Å². The Morgan fingerprint density at radius 1 is 1.82 bits per heavy atom. The Balaban J connectivity index is 2.27. The molecule has 0 aromatic carbocycles. The highest BCUT2D eigenvalue weighted by atomic mass is 16.5. The molecule has 0 amide bonds. The number of azide groups is 1. The molecule has 1 fully saturated rings. The van der Waals surface area contributed by atoms with Gasteiger partial charge in [-0.25, -0.2) is 0 Å². The molecule has 1 aliphatic heterocycles. The van der Waals surface area contributed by atoms with Crippen LogP contribution < -0.4 is 0 Å². The molecule has 1 atom stereocenters. The lowest BCUT2D eigenvalue weighted by Crippen LogP contribution is -2.41. The van der Waals surface area contributed by atoms with Crippen LogP contribution >= 0.6 is 0 Å². The molecule has 0 bridgehead atoms. The van der Waals surface area contributed by atoms with Crippen molar-refractivity contribution in [3.05, 3.63) is 10.4 Å². The summed E-state index contributed by atoms with van der Waals surface area (Å²) in [5, 5.41) is 3.46. The maximum atomic E-state index is 8.05. The molecule has 5 heteroatoms. The van der Waals surface area contributed by atoms with Crippen LogP contribution in [0.5, 0.6) is 0 Å². The highest BCUT2D eigenvalue weighted by Gasteiger charge is 2.15. The van der Waals surface area contributed by atoms with E-state index in [0.29, 0.717) is 6.54 Å². The van der Waals surface area contributed by atoms with Crippen LogP contribution in [-0.4, -0.2) is 44.3 Å². The Labute approximate surface area is 65.6 Å². The summed E-state index contributed by atoms with van der Waals surface area (Å²) >= 11 is 0. The summed E-state index contributed by atoms with van der Waals surface area (Å²) in [7, 11) is 2.03. The SMILES string of the molecule is CN1CCOC(CN=[N+]=[N-])C1. The molecule has 0 aromatic rings. The molecule has 1 rings (SSSR count). The van der Waals surface area contributed by atoms with E-state index in [4.69, 9.17) is 10.3 Å². The van der Waals surface area contributed by atoms with E-state index in [1.807, 2.05) is 7.05 Å². The summed E-state index contributed by atoms with van der Waals surface area (Å²) in [6.07, 6.45) is 0.0876. The summed E-state index contributed by atoms with van der Waals surface area (Å²) in [5.41, 5.74) is 8.05. The topological polar surface area (TPSA) is 61.2 Å². The van der Waals surface area contributed by atoms with Crippen molar-refractivity contribution in [2.75, 3.05) is 33.3 Å². The van der Waals surface area contributed by atoms with Gasteiger partial charge in [0, 0.05) is 18.0 Å². The molecule has 0 aromatic heterocycles. The first-order chi connectivity index (χ1) is 5.33. The molecular weight excluding hydrogens is 144 g/mol. The van der Waals surface area contributed by atoms with E-state index in [0.717, 1.165) is 19.7 Å². The normalized spacial score (nSPS) is 26.1. The van der Waals surface area contributed by atoms with Crippen molar-refractivity contribution in [1.29, 1.82) is 0 Å².